The molecule has 0 amide bonds. The van der Waals surface area contributed by atoms with Crippen molar-refractivity contribution in [3.63, 3.8) is 0 Å². The van der Waals surface area contributed by atoms with Crippen LogP contribution in [0.4, 0.5) is 4.39 Å². The van der Waals surface area contributed by atoms with Crippen LogP contribution in [0.15, 0.2) is 0 Å². The smallest absolute Gasteiger partial charge is 0.100 e. The Hall–Kier alpha value is -0.150. The van der Waals surface area contributed by atoms with Crippen molar-refractivity contribution in [3.05, 3.63) is 0 Å². The van der Waals surface area contributed by atoms with Crippen LogP contribution in [0.1, 0.15) is 91.9 Å². The molecular weight excluding hydrogens is 299 g/mol. The van der Waals surface area contributed by atoms with Crippen molar-refractivity contribution in [2.45, 2.75) is 116 Å². The summed E-state index contributed by atoms with van der Waals surface area (Å²) in [6, 6.07) is 1.19. The quantitative estimate of drug-likeness (QED) is 0.585. The van der Waals surface area contributed by atoms with E-state index in [-0.39, 0.29) is 0 Å². The highest BCUT2D eigenvalue weighted by Crippen LogP contribution is 2.34. The normalized spacial score (nSPS) is 36.6. The lowest BCUT2D eigenvalue weighted by Crippen LogP contribution is -2.44. The number of hydrogen-bond donors (Lipinski definition) is 2. The van der Waals surface area contributed by atoms with Gasteiger partial charge in [0, 0.05) is 12.1 Å². The molecule has 1 heterocycles. The first-order valence-corrected chi connectivity index (χ1v) is 10.8. The highest BCUT2D eigenvalue weighted by Gasteiger charge is 2.43. The molecule has 4 atom stereocenters. The molecule has 2 aliphatic rings. The van der Waals surface area contributed by atoms with E-state index in [1.165, 1.54) is 38.5 Å². The molecule has 0 aromatic heterocycles. The van der Waals surface area contributed by atoms with Crippen LogP contribution < -0.4 is 10.6 Å². The molecule has 0 bridgehead atoms. The molecule has 0 aromatic rings. The first kappa shape index (κ1) is 20.2. The zero-order valence-electron chi connectivity index (χ0n) is 16.5. The fourth-order valence-corrected chi connectivity index (χ4v) is 5.23. The minimum Gasteiger partial charge on any atom is -0.297 e. The van der Waals surface area contributed by atoms with Gasteiger partial charge < -0.3 is 0 Å². The summed E-state index contributed by atoms with van der Waals surface area (Å²) in [6.07, 6.45) is 11.2. The topological polar surface area (TPSA) is 24.1 Å². The zero-order chi connectivity index (χ0) is 17.5. The molecule has 2 rings (SSSR count). The van der Waals surface area contributed by atoms with E-state index >= 15 is 0 Å². The van der Waals surface area contributed by atoms with Gasteiger partial charge in [-0.05, 0) is 56.3 Å². The first-order valence-electron chi connectivity index (χ1n) is 10.8. The van der Waals surface area contributed by atoms with E-state index in [0.717, 1.165) is 37.5 Å². The van der Waals surface area contributed by atoms with E-state index < -0.39 is 6.17 Å². The molecule has 2 nitrogen and oxygen atoms in total. The third-order valence-electron chi connectivity index (χ3n) is 6.69. The molecule has 1 saturated carbocycles. The molecule has 2 fully saturated rings. The van der Waals surface area contributed by atoms with Gasteiger partial charge in [0.15, 0.2) is 0 Å². The summed E-state index contributed by atoms with van der Waals surface area (Å²) in [5, 5.41) is 8.00. The second kappa shape index (κ2) is 10.1. The largest absolute Gasteiger partial charge is 0.297 e. The summed E-state index contributed by atoms with van der Waals surface area (Å²) in [5.74, 6) is 2.14. The Balaban J connectivity index is 2.08. The maximum Gasteiger partial charge on any atom is 0.100 e. The maximum absolute atomic E-state index is 13.5. The highest BCUT2D eigenvalue weighted by atomic mass is 19.1. The summed E-state index contributed by atoms with van der Waals surface area (Å²) in [6.45, 7) is 9.32. The summed E-state index contributed by atoms with van der Waals surface area (Å²) < 4.78 is 13.5. The monoisotopic (exact) mass is 340 g/mol. The van der Waals surface area contributed by atoms with Crippen LogP contribution in [-0.2, 0) is 0 Å². The van der Waals surface area contributed by atoms with Gasteiger partial charge in [-0.1, -0.05) is 53.4 Å². The van der Waals surface area contributed by atoms with Crippen molar-refractivity contribution in [2.24, 2.45) is 17.8 Å². The molecule has 142 valence electrons. The summed E-state index contributed by atoms with van der Waals surface area (Å²) in [7, 11) is 0. The maximum atomic E-state index is 13.5. The van der Waals surface area contributed by atoms with E-state index in [1.54, 1.807) is 0 Å². The average molecular weight is 341 g/mol. The van der Waals surface area contributed by atoms with Gasteiger partial charge in [0.05, 0.1) is 6.17 Å². The zero-order valence-corrected chi connectivity index (χ0v) is 16.5. The van der Waals surface area contributed by atoms with Crippen molar-refractivity contribution in [3.8, 4) is 0 Å². The second-order valence-electron chi connectivity index (χ2n) is 8.29. The van der Waals surface area contributed by atoms with Crippen molar-refractivity contribution >= 4 is 0 Å². The fourth-order valence-electron chi connectivity index (χ4n) is 5.23. The SMILES string of the molecule is CCCC(CC)C1NC(C2CCC(F)CC2)NC1C(CC)CCC. The van der Waals surface area contributed by atoms with Gasteiger partial charge in [-0.25, -0.2) is 4.39 Å². The Morgan fingerprint density at radius 3 is 1.62 bits per heavy atom. The minimum absolute atomic E-state index is 0.407. The van der Waals surface area contributed by atoms with Crippen LogP contribution in [0.25, 0.3) is 0 Å². The number of rotatable bonds is 9. The first-order chi connectivity index (χ1) is 11.6. The predicted octanol–water partition coefficient (Wildman–Crippen LogP) is 5.42. The van der Waals surface area contributed by atoms with Crippen molar-refractivity contribution in [1.29, 1.82) is 0 Å². The van der Waals surface area contributed by atoms with Gasteiger partial charge in [0.2, 0.25) is 0 Å². The highest BCUT2D eigenvalue weighted by molar-refractivity contribution is 5.01. The molecule has 3 heteroatoms. The third-order valence-corrected chi connectivity index (χ3v) is 6.69. The van der Waals surface area contributed by atoms with Gasteiger partial charge in [-0.15, -0.1) is 0 Å². The van der Waals surface area contributed by atoms with Crippen molar-refractivity contribution < 1.29 is 4.39 Å². The van der Waals surface area contributed by atoms with Crippen molar-refractivity contribution in [1.82, 2.24) is 10.6 Å². The Morgan fingerprint density at radius 1 is 0.792 bits per heavy atom. The van der Waals surface area contributed by atoms with Crippen LogP contribution in [0, 0.1) is 17.8 Å². The Bertz CT molecular complexity index is 319. The van der Waals surface area contributed by atoms with Gasteiger partial charge in [-0.3, -0.25) is 10.6 Å². The van der Waals surface area contributed by atoms with Crippen LogP contribution in [0.3, 0.4) is 0 Å². The molecule has 1 saturated heterocycles. The Labute approximate surface area is 149 Å². The number of hydrogen-bond acceptors (Lipinski definition) is 2. The standard InChI is InChI=1S/C21H41FN2/c1-5-9-15(7-3)19-20(16(8-4)10-6-2)24-21(23-19)17-11-13-18(22)14-12-17/h15-21,23-24H,5-14H2,1-4H3. The van der Waals surface area contributed by atoms with Crippen molar-refractivity contribution in [2.75, 3.05) is 0 Å². The van der Waals surface area contributed by atoms with E-state index in [2.05, 4.69) is 38.3 Å². The molecule has 1 aliphatic heterocycles. The molecule has 24 heavy (non-hydrogen) atoms. The number of nitrogens with one attached hydrogen (secondary N) is 2. The summed E-state index contributed by atoms with van der Waals surface area (Å²) in [4.78, 5) is 0. The predicted molar refractivity (Wildman–Crippen MR) is 102 cm³/mol. The average Bonchev–Trinajstić information content (AvgIpc) is 3.03. The number of alkyl halides is 1. The van der Waals surface area contributed by atoms with E-state index in [9.17, 15) is 4.39 Å². The summed E-state index contributed by atoms with van der Waals surface area (Å²) >= 11 is 0. The lowest BCUT2D eigenvalue weighted by atomic mass is 9.80. The van der Waals surface area contributed by atoms with Gasteiger partial charge >= 0.3 is 0 Å². The van der Waals surface area contributed by atoms with Crippen LogP contribution >= 0.6 is 0 Å². The molecule has 4 unspecified atom stereocenters. The molecule has 2 N–H and O–H groups in total. The minimum atomic E-state index is -0.554. The van der Waals surface area contributed by atoms with Crippen LogP contribution in [-0.4, -0.2) is 24.4 Å². The van der Waals surface area contributed by atoms with Gasteiger partial charge in [0.25, 0.3) is 0 Å². The Morgan fingerprint density at radius 2 is 1.25 bits per heavy atom. The Kier molecular flexibility index (Phi) is 8.49. The fraction of sp³-hybridized carbons (Fsp3) is 1.00. The molecule has 0 radical (unpaired) electrons. The molecule has 0 spiro atoms. The molecule has 1 aliphatic carbocycles. The second-order valence-corrected chi connectivity index (χ2v) is 8.29. The third kappa shape index (κ3) is 4.94. The van der Waals surface area contributed by atoms with E-state index in [1.807, 2.05) is 0 Å². The lowest BCUT2D eigenvalue weighted by Gasteiger charge is -2.32. The van der Waals surface area contributed by atoms with E-state index in [0.29, 0.717) is 24.2 Å². The lowest BCUT2D eigenvalue weighted by molar-refractivity contribution is 0.173. The summed E-state index contributed by atoms with van der Waals surface area (Å²) in [5.41, 5.74) is 0. The molecule has 0 aromatic carbocycles. The van der Waals surface area contributed by atoms with Crippen LogP contribution in [0.5, 0.6) is 0 Å². The van der Waals surface area contributed by atoms with Gasteiger partial charge in [0.1, 0.15) is 6.17 Å². The number of halogens is 1. The van der Waals surface area contributed by atoms with Crippen LogP contribution in [0.2, 0.25) is 0 Å². The van der Waals surface area contributed by atoms with E-state index in [4.69, 9.17) is 0 Å². The molecular formula is C21H41FN2. The van der Waals surface area contributed by atoms with Gasteiger partial charge in [-0.2, -0.15) is 0 Å².